The van der Waals surface area contributed by atoms with E-state index in [9.17, 15) is 0 Å². The van der Waals surface area contributed by atoms with E-state index in [2.05, 4.69) is 35.7 Å². The molecule has 3 rings (SSSR count). The maximum absolute atomic E-state index is 6.15. The van der Waals surface area contributed by atoms with Crippen molar-refractivity contribution in [3.05, 3.63) is 17.0 Å². The van der Waals surface area contributed by atoms with Gasteiger partial charge in [-0.25, -0.2) is 9.97 Å². The summed E-state index contributed by atoms with van der Waals surface area (Å²) in [6, 6.07) is 2.96. The van der Waals surface area contributed by atoms with Crippen molar-refractivity contribution in [3.63, 3.8) is 0 Å². The molecular weight excluding hydrogens is 260 g/mol. The van der Waals surface area contributed by atoms with Gasteiger partial charge in [0.25, 0.3) is 0 Å². The molecule has 0 aromatic carbocycles. The Labute approximate surface area is 119 Å². The number of piperazine rings is 1. The van der Waals surface area contributed by atoms with E-state index in [1.54, 1.807) is 0 Å². The van der Waals surface area contributed by atoms with Crippen molar-refractivity contribution in [2.24, 2.45) is 0 Å². The van der Waals surface area contributed by atoms with Crippen LogP contribution in [0.5, 0.6) is 0 Å². The average molecular weight is 281 g/mol. The van der Waals surface area contributed by atoms with Crippen LogP contribution in [-0.4, -0.2) is 47.1 Å². The number of aromatic nitrogens is 2. The maximum atomic E-state index is 6.15. The molecule has 0 N–H and O–H groups in total. The number of nitrogens with zero attached hydrogens (tertiary/aromatic N) is 4. The van der Waals surface area contributed by atoms with Crippen LogP contribution in [0.3, 0.4) is 0 Å². The summed E-state index contributed by atoms with van der Waals surface area (Å²) < 4.78 is 0. The van der Waals surface area contributed by atoms with Gasteiger partial charge in [-0.2, -0.15) is 0 Å². The quantitative estimate of drug-likeness (QED) is 0.780. The van der Waals surface area contributed by atoms with Gasteiger partial charge < -0.3 is 4.90 Å². The fraction of sp³-hybridized carbons (Fsp3) is 0.714. The standard InChI is InChI=1S/C14H21ClN4/c1-9-7-19(8-10(2)18(9)3)13-6-12(15)16-14(17-13)11-4-5-11/h6,9-11H,4-5,7-8H2,1-3H3. The zero-order valence-corrected chi connectivity index (χ0v) is 12.6. The Morgan fingerprint density at radius 2 is 1.79 bits per heavy atom. The minimum absolute atomic E-state index is 0.530. The van der Waals surface area contributed by atoms with Crippen molar-refractivity contribution in [2.45, 2.75) is 44.7 Å². The second kappa shape index (κ2) is 4.91. The fourth-order valence-electron chi connectivity index (χ4n) is 2.70. The lowest BCUT2D eigenvalue weighted by atomic mass is 10.1. The van der Waals surface area contributed by atoms with E-state index in [0.29, 0.717) is 23.2 Å². The lowest BCUT2D eigenvalue weighted by Gasteiger charge is -2.43. The summed E-state index contributed by atoms with van der Waals surface area (Å²) in [4.78, 5) is 13.8. The van der Waals surface area contributed by atoms with Gasteiger partial charge in [-0.05, 0) is 33.7 Å². The number of halogens is 1. The third-order valence-electron chi connectivity index (χ3n) is 4.32. The Bertz CT molecular complexity index is 463. The molecule has 19 heavy (non-hydrogen) atoms. The largest absolute Gasteiger partial charge is 0.353 e. The molecule has 5 heteroatoms. The molecule has 1 aliphatic heterocycles. The average Bonchev–Trinajstić information content (AvgIpc) is 3.18. The van der Waals surface area contributed by atoms with E-state index < -0.39 is 0 Å². The van der Waals surface area contributed by atoms with Crippen LogP contribution in [0.1, 0.15) is 38.4 Å². The molecule has 104 valence electrons. The topological polar surface area (TPSA) is 32.3 Å². The number of hydrogen-bond acceptors (Lipinski definition) is 4. The van der Waals surface area contributed by atoms with Crippen LogP contribution >= 0.6 is 11.6 Å². The smallest absolute Gasteiger partial charge is 0.135 e. The van der Waals surface area contributed by atoms with Gasteiger partial charge in [0.05, 0.1) is 0 Å². The van der Waals surface area contributed by atoms with Gasteiger partial charge in [-0.15, -0.1) is 0 Å². The molecule has 1 saturated carbocycles. The summed E-state index contributed by atoms with van der Waals surface area (Å²) in [7, 11) is 2.19. The summed E-state index contributed by atoms with van der Waals surface area (Å²) >= 11 is 6.15. The zero-order valence-electron chi connectivity index (χ0n) is 11.8. The predicted octanol–water partition coefficient (Wildman–Crippen LogP) is 2.54. The molecular formula is C14H21ClN4. The van der Waals surface area contributed by atoms with E-state index in [-0.39, 0.29) is 0 Å². The minimum atomic E-state index is 0.530. The second-order valence-corrected chi connectivity index (χ2v) is 6.34. The zero-order chi connectivity index (χ0) is 13.6. The van der Waals surface area contributed by atoms with Crippen molar-refractivity contribution in [1.29, 1.82) is 0 Å². The van der Waals surface area contributed by atoms with Crippen molar-refractivity contribution in [3.8, 4) is 0 Å². The van der Waals surface area contributed by atoms with Gasteiger partial charge in [-0.1, -0.05) is 11.6 Å². The van der Waals surface area contributed by atoms with E-state index in [0.717, 1.165) is 24.7 Å². The molecule has 1 aromatic rings. The van der Waals surface area contributed by atoms with E-state index >= 15 is 0 Å². The highest BCUT2D eigenvalue weighted by molar-refractivity contribution is 6.29. The Balaban J connectivity index is 1.85. The van der Waals surface area contributed by atoms with Gasteiger partial charge in [0.2, 0.25) is 0 Å². The SMILES string of the molecule is CC1CN(c2cc(Cl)nc(C3CC3)n2)CC(C)N1C. The monoisotopic (exact) mass is 280 g/mol. The molecule has 1 saturated heterocycles. The Hall–Kier alpha value is -0.870. The highest BCUT2D eigenvalue weighted by Gasteiger charge is 2.30. The highest BCUT2D eigenvalue weighted by atomic mass is 35.5. The van der Waals surface area contributed by atoms with E-state index in [1.165, 1.54) is 12.8 Å². The van der Waals surface area contributed by atoms with Gasteiger partial charge in [0.1, 0.15) is 16.8 Å². The molecule has 0 radical (unpaired) electrons. The van der Waals surface area contributed by atoms with Crippen LogP contribution in [0.4, 0.5) is 5.82 Å². The first-order valence-electron chi connectivity index (χ1n) is 7.06. The predicted molar refractivity (Wildman–Crippen MR) is 77.9 cm³/mol. The lowest BCUT2D eigenvalue weighted by molar-refractivity contribution is 0.169. The normalized spacial score (nSPS) is 28.7. The van der Waals surface area contributed by atoms with E-state index in [4.69, 9.17) is 16.6 Å². The van der Waals surface area contributed by atoms with Crippen molar-refractivity contribution < 1.29 is 0 Å². The summed E-state index contributed by atoms with van der Waals surface area (Å²) in [6.45, 7) is 6.51. The number of likely N-dealkylation sites (N-methyl/N-ethyl adjacent to an activating group) is 1. The summed E-state index contributed by atoms with van der Waals surface area (Å²) in [5, 5.41) is 0.575. The number of hydrogen-bond donors (Lipinski definition) is 0. The molecule has 0 amide bonds. The Morgan fingerprint density at radius 3 is 2.37 bits per heavy atom. The lowest BCUT2D eigenvalue weighted by Crippen LogP contribution is -2.55. The molecule has 1 aliphatic carbocycles. The Morgan fingerprint density at radius 1 is 1.16 bits per heavy atom. The molecule has 1 aromatic heterocycles. The van der Waals surface area contributed by atoms with Crippen LogP contribution in [0.2, 0.25) is 5.15 Å². The first-order valence-corrected chi connectivity index (χ1v) is 7.43. The van der Waals surface area contributed by atoms with Crippen LogP contribution < -0.4 is 4.90 Å². The van der Waals surface area contributed by atoms with Gasteiger partial charge in [0, 0.05) is 37.2 Å². The van der Waals surface area contributed by atoms with Crippen LogP contribution in [0.15, 0.2) is 6.07 Å². The Kier molecular flexibility index (Phi) is 3.39. The number of anilines is 1. The van der Waals surface area contributed by atoms with Crippen LogP contribution in [0, 0.1) is 0 Å². The van der Waals surface area contributed by atoms with Gasteiger partial charge in [0.15, 0.2) is 0 Å². The molecule has 0 bridgehead atoms. The highest BCUT2D eigenvalue weighted by Crippen LogP contribution is 2.39. The summed E-state index contributed by atoms with van der Waals surface area (Å²) in [5.41, 5.74) is 0. The molecule has 2 heterocycles. The molecule has 4 nitrogen and oxygen atoms in total. The van der Waals surface area contributed by atoms with Crippen molar-refractivity contribution >= 4 is 17.4 Å². The molecule has 2 fully saturated rings. The van der Waals surface area contributed by atoms with Gasteiger partial charge >= 0.3 is 0 Å². The minimum Gasteiger partial charge on any atom is -0.353 e. The summed E-state index contributed by atoms with van der Waals surface area (Å²) in [6.07, 6.45) is 2.41. The third-order valence-corrected chi connectivity index (χ3v) is 4.52. The molecule has 2 aliphatic rings. The van der Waals surface area contributed by atoms with Crippen molar-refractivity contribution in [2.75, 3.05) is 25.0 Å². The maximum Gasteiger partial charge on any atom is 0.135 e. The second-order valence-electron chi connectivity index (χ2n) is 5.95. The first kappa shape index (κ1) is 13.1. The number of rotatable bonds is 2. The first-order chi connectivity index (χ1) is 9.04. The van der Waals surface area contributed by atoms with Gasteiger partial charge in [-0.3, -0.25) is 4.90 Å². The van der Waals surface area contributed by atoms with Crippen molar-refractivity contribution in [1.82, 2.24) is 14.9 Å². The fourth-order valence-corrected chi connectivity index (χ4v) is 2.88. The van der Waals surface area contributed by atoms with Crippen LogP contribution in [-0.2, 0) is 0 Å². The molecule has 0 spiro atoms. The molecule has 2 atom stereocenters. The third kappa shape index (κ3) is 2.70. The summed E-state index contributed by atoms with van der Waals surface area (Å²) in [5.74, 6) is 2.47. The van der Waals surface area contributed by atoms with E-state index in [1.807, 2.05) is 6.07 Å². The van der Waals surface area contributed by atoms with Crippen LogP contribution in [0.25, 0.3) is 0 Å². The molecule has 2 unspecified atom stereocenters.